The van der Waals surface area contributed by atoms with Gasteiger partial charge in [0.15, 0.2) is 85.0 Å². The zero-order valence-electron chi connectivity index (χ0n) is 63.4. The molecule has 6 amide bonds. The first kappa shape index (κ1) is 76.8. The molecule has 12 aromatic heterocycles. The minimum absolute atomic E-state index is 0.0166. The Hall–Kier alpha value is -12.0. The minimum atomic E-state index is -2.48. The predicted octanol–water partition coefficient (Wildman–Crippen LogP) is 14.1. The van der Waals surface area contributed by atoms with Crippen LogP contribution in [0.2, 0.25) is 33.2 Å². The Kier molecular flexibility index (Phi) is 22.3. The van der Waals surface area contributed by atoms with E-state index in [4.69, 9.17) is 61.9 Å². The molecule has 0 unspecified atom stereocenters. The Labute approximate surface area is 640 Å². The van der Waals surface area contributed by atoms with Gasteiger partial charge in [0.2, 0.25) is 70.7 Å². The minimum Gasteiger partial charge on any atom is -0.446 e. The van der Waals surface area contributed by atoms with Crippen LogP contribution in [0.25, 0.3) is 92.7 Å². The number of nitrogens with one attached hydrogen (secondary N) is 6. The summed E-state index contributed by atoms with van der Waals surface area (Å²) >= 11 is 0. The maximum absolute atomic E-state index is 14.1. The largest absolute Gasteiger partial charge is 0.446 e. The Morgan fingerprint density at radius 2 is 0.518 bits per heavy atom. The molecule has 0 fully saturated rings. The van der Waals surface area contributed by atoms with Crippen LogP contribution in [0.1, 0.15) is 211 Å². The lowest BCUT2D eigenvalue weighted by atomic mass is 10.1. The molecule has 112 heavy (non-hydrogen) atoms. The number of hydrogen-bond donors (Lipinski definition) is 6. The van der Waals surface area contributed by atoms with Gasteiger partial charge in [-0.15, -0.1) is 0 Å². The van der Waals surface area contributed by atoms with E-state index < -0.39 is 70.5 Å². The second-order valence-corrected chi connectivity index (χ2v) is 40.0. The van der Waals surface area contributed by atoms with E-state index in [0.717, 1.165) is 0 Å². The topological polar surface area (TPSA) is 488 Å². The number of unbranched alkanes of at least 4 members (excludes halogenated alkanes) is 2. The van der Waals surface area contributed by atoms with E-state index >= 15 is 0 Å². The Bertz CT molecular complexity index is 4900. The molecule has 2 aliphatic heterocycles. The molecule has 0 aromatic carbocycles. The summed E-state index contributed by atoms with van der Waals surface area (Å²) in [6.07, 6.45) is 17.5. The van der Waals surface area contributed by atoms with Crippen LogP contribution in [0.3, 0.4) is 0 Å². The van der Waals surface area contributed by atoms with Gasteiger partial charge in [-0.25, -0.2) is 64.6 Å². The maximum atomic E-state index is 14.1. The molecule has 588 valence electrons. The van der Waals surface area contributed by atoms with Gasteiger partial charge in [-0.2, -0.15) is 0 Å². The van der Waals surface area contributed by atoms with Crippen molar-refractivity contribution in [2.75, 3.05) is 26.3 Å². The molecule has 24 bridgehead atoms. The van der Waals surface area contributed by atoms with Gasteiger partial charge in [0, 0.05) is 13.1 Å². The number of nitrogens with zero attached hydrogens (tertiary/aromatic N) is 12. The number of fused-ring (bicyclic) bond motifs is 32. The van der Waals surface area contributed by atoms with Crippen molar-refractivity contribution in [2.24, 2.45) is 0 Å². The van der Waals surface area contributed by atoms with E-state index in [9.17, 15) is 24.0 Å². The molecule has 2 aliphatic rings. The van der Waals surface area contributed by atoms with Crippen LogP contribution < -0.4 is 31.9 Å². The first-order chi connectivity index (χ1) is 53.9. The van der Waals surface area contributed by atoms with Crippen LogP contribution in [0, 0.1) is 0 Å². The van der Waals surface area contributed by atoms with Crippen LogP contribution in [0.4, 0.5) is 4.79 Å². The molecule has 14 heterocycles. The Balaban J connectivity index is 0.614. The fraction of sp³-hybridized carbons (Fsp3) is 0.438. The summed E-state index contributed by atoms with van der Waals surface area (Å²) < 4.78 is 84.1. The highest BCUT2D eigenvalue weighted by Gasteiger charge is 2.48. The second kappa shape index (κ2) is 32.5. The van der Waals surface area contributed by atoms with E-state index in [1.165, 1.54) is 75.2 Å². The average Bonchev–Trinajstić information content (AvgIpc) is 1.42. The maximum Gasteiger partial charge on any atom is 0.314 e. The summed E-state index contributed by atoms with van der Waals surface area (Å²) in [5.41, 5.74) is 2.31. The van der Waals surface area contributed by atoms with Crippen molar-refractivity contribution in [3.63, 3.8) is 0 Å². The number of amides is 6. The summed E-state index contributed by atoms with van der Waals surface area (Å²) in [5, 5.41) is 17.6. The average molecular weight is 1570 g/mol. The molecule has 0 spiro atoms. The summed E-state index contributed by atoms with van der Waals surface area (Å²) in [6.45, 7) is 26.4. The highest BCUT2D eigenvalue weighted by Crippen LogP contribution is 2.45. The first-order valence-electron chi connectivity index (χ1n) is 36.9. The number of hydrogen-bond acceptors (Lipinski definition) is 31. The van der Waals surface area contributed by atoms with Crippen molar-refractivity contribution in [3.8, 4) is 92.7 Å². The molecule has 6 N–H and O–H groups in total. The van der Waals surface area contributed by atoms with Crippen molar-refractivity contribution in [1.29, 1.82) is 0 Å². The Morgan fingerprint density at radius 1 is 0.312 bits per heavy atom. The standard InChI is InChI=1S/C73H84N18O19Si2/c1-35(2)111(36(3)4,37(5)6)109-33-55-71-90-53(31-107-71)69-88-47(29-105-69)63-80-43(21-97-63)57(92)76-41(61-84-51(25-101-61)67-86-49(27-103-67)65-82-45(23-99-65)59(94)78-55)17-13-15-19-74-73(96)75-20-16-14-18-42-62-85-52(26-102-62)68-87-50(28-104-68)66-83-46(24-100-66)60(95)79-56(34-110-112(38(7)8,39(9)10)40(11)12)72-91-54(32-108-72)70-89-48(30-106-70)64-81-44(22-98-64)58(93)77-42/h21-32,35-42,55-56H,13-20,33-34H2,1-12H3,(H,76,92)(H,77,93)(H,78,94)(H,79,95)(H2,74,75,96)/t41-,42-,55-,56-/m0/s1. The molecule has 0 saturated carbocycles. The highest BCUT2D eigenvalue weighted by molar-refractivity contribution is 6.78. The van der Waals surface area contributed by atoms with E-state index in [1.54, 1.807) is 0 Å². The molecule has 14 rings (SSSR count). The van der Waals surface area contributed by atoms with Crippen molar-refractivity contribution >= 4 is 46.3 Å². The monoisotopic (exact) mass is 1570 g/mol. The molecular weight excluding hydrogens is 1490 g/mol. The second-order valence-electron chi connectivity index (χ2n) is 29.1. The lowest BCUT2D eigenvalue weighted by Gasteiger charge is -2.42. The zero-order valence-corrected chi connectivity index (χ0v) is 65.4. The normalized spacial score (nSPS) is 16.4. The van der Waals surface area contributed by atoms with Gasteiger partial charge in [-0.3, -0.25) is 19.2 Å². The lowest BCUT2D eigenvalue weighted by Crippen LogP contribution is -2.49. The van der Waals surface area contributed by atoms with Crippen LogP contribution in [-0.4, -0.2) is 132 Å². The lowest BCUT2D eigenvalue weighted by molar-refractivity contribution is 0.0894. The van der Waals surface area contributed by atoms with Gasteiger partial charge in [-0.05, 0) is 71.8 Å². The third kappa shape index (κ3) is 16.0. The first-order valence-corrected chi connectivity index (χ1v) is 41.2. The number of carbonyl (C=O) groups excluding carboxylic acids is 5. The SMILES string of the molecule is CC(C)[Si](OC[C@@H]1NC(=O)c2coc(n2)-c2coc(n2)-c2coc(n2)[C@H](CCCCNC(=O)NCCCC[C@@H]2NC(=O)c3coc(n3)-c3coc(n3)-c3coc(n3)[C@H](CO[Si](C(C)C)(C(C)C)C(C)C)NC(=O)c3coc(n3)-c3coc(n3)-c3coc2n3)NC(=O)c2coc(n2)-c2coc(n2)-c2coc1n2)(C(C)C)C(C)C. The Morgan fingerprint density at radius 3 is 0.768 bits per heavy atom. The summed E-state index contributed by atoms with van der Waals surface area (Å²) in [5.74, 6) is -2.14. The molecule has 0 aliphatic carbocycles. The third-order valence-corrected chi connectivity index (χ3v) is 32.2. The molecule has 37 nitrogen and oxygen atoms in total. The van der Waals surface area contributed by atoms with Crippen molar-refractivity contribution < 1.29 is 85.8 Å². The number of oxazole rings is 12. The van der Waals surface area contributed by atoms with E-state index in [2.05, 4.69) is 175 Å². The number of carbonyl (C=O) groups is 5. The van der Waals surface area contributed by atoms with Gasteiger partial charge >= 0.3 is 6.03 Å². The molecule has 0 saturated heterocycles. The summed E-state index contributed by atoms with van der Waals surface area (Å²) in [6, 6.07) is -3.96. The molecule has 0 radical (unpaired) electrons. The third-order valence-electron chi connectivity index (χ3n) is 20.0. The van der Waals surface area contributed by atoms with Crippen molar-refractivity contribution in [3.05, 3.63) is 121 Å². The fourth-order valence-electron chi connectivity index (χ4n) is 14.8. The van der Waals surface area contributed by atoms with Gasteiger partial charge in [0.1, 0.15) is 99.3 Å². The van der Waals surface area contributed by atoms with Gasteiger partial charge in [0.05, 0.1) is 13.2 Å². The smallest absolute Gasteiger partial charge is 0.314 e. The quantitative estimate of drug-likeness (QED) is 0.0271. The van der Waals surface area contributed by atoms with Crippen LogP contribution >= 0.6 is 0 Å². The fourth-order valence-corrected chi connectivity index (χ4v) is 25.7. The van der Waals surface area contributed by atoms with Gasteiger partial charge < -0.3 is 93.8 Å². The van der Waals surface area contributed by atoms with Gasteiger partial charge in [-0.1, -0.05) is 83.1 Å². The van der Waals surface area contributed by atoms with E-state index in [1.807, 2.05) is 0 Å². The van der Waals surface area contributed by atoms with Crippen LogP contribution in [0.15, 0.2) is 128 Å². The van der Waals surface area contributed by atoms with Gasteiger partial charge in [0.25, 0.3) is 23.6 Å². The van der Waals surface area contributed by atoms with Crippen LogP contribution in [0.5, 0.6) is 0 Å². The molecule has 39 heteroatoms. The summed E-state index contributed by atoms with van der Waals surface area (Å²) in [7, 11) is -4.95. The summed E-state index contributed by atoms with van der Waals surface area (Å²) in [4.78, 5) is 124. The van der Waals surface area contributed by atoms with Crippen LogP contribution in [-0.2, 0) is 8.85 Å². The number of aromatic nitrogens is 12. The molecule has 12 aromatic rings. The van der Waals surface area contributed by atoms with Crippen molar-refractivity contribution in [2.45, 2.75) is 179 Å². The zero-order chi connectivity index (χ0) is 78.7. The van der Waals surface area contributed by atoms with E-state index in [-0.39, 0.29) is 211 Å². The van der Waals surface area contributed by atoms with Crippen molar-refractivity contribution in [1.82, 2.24) is 91.7 Å². The number of rotatable bonds is 22. The van der Waals surface area contributed by atoms with E-state index in [0.29, 0.717) is 25.7 Å². The molecular formula is C73H84N18O19Si2. The highest BCUT2D eigenvalue weighted by atomic mass is 28.4. The molecule has 4 atom stereocenters. The number of urea groups is 1. The predicted molar refractivity (Wildman–Crippen MR) is 394 cm³/mol.